The first kappa shape index (κ1) is 13.2. The number of hydrogen-bond donors (Lipinski definition) is 1. The largest absolute Gasteiger partial charge is 0.361 e. The van der Waals surface area contributed by atoms with Crippen LogP contribution in [0.3, 0.4) is 0 Å². The van der Waals surface area contributed by atoms with E-state index in [1.54, 1.807) is 0 Å². The van der Waals surface area contributed by atoms with E-state index in [-0.39, 0.29) is 0 Å². The van der Waals surface area contributed by atoms with Crippen molar-refractivity contribution in [3.63, 3.8) is 0 Å². The Hall–Kier alpha value is -1.28. The molecule has 0 aliphatic heterocycles. The molecule has 98 valence electrons. The Balaban J connectivity index is 2.41. The summed E-state index contributed by atoms with van der Waals surface area (Å²) in [5.74, 6) is 0. The third kappa shape index (κ3) is 2.30. The number of aromatic amines is 1. The molecular formula is C16H24N2. The first-order valence-corrected chi connectivity index (χ1v) is 6.85. The van der Waals surface area contributed by atoms with Crippen LogP contribution in [0.1, 0.15) is 46.2 Å². The number of aromatic nitrogens is 1. The lowest BCUT2D eigenvalue weighted by atomic mass is 10.0. The predicted octanol–water partition coefficient (Wildman–Crippen LogP) is 4.35. The van der Waals surface area contributed by atoms with E-state index in [1.807, 2.05) is 0 Å². The van der Waals surface area contributed by atoms with Crippen LogP contribution in [-0.2, 0) is 0 Å². The summed E-state index contributed by atoms with van der Waals surface area (Å²) in [5, 5.41) is 1.34. The van der Waals surface area contributed by atoms with Crippen molar-refractivity contribution >= 4 is 10.9 Å². The van der Waals surface area contributed by atoms with Gasteiger partial charge in [0.1, 0.15) is 0 Å². The number of benzene rings is 1. The normalized spacial score (nSPS) is 14.0. The van der Waals surface area contributed by atoms with Crippen molar-refractivity contribution in [2.45, 2.75) is 52.7 Å². The van der Waals surface area contributed by atoms with E-state index in [1.165, 1.54) is 16.5 Å². The van der Waals surface area contributed by atoms with E-state index in [9.17, 15) is 0 Å². The Labute approximate surface area is 110 Å². The molecule has 0 radical (unpaired) electrons. The minimum absolute atomic E-state index is 0.432. The summed E-state index contributed by atoms with van der Waals surface area (Å²) >= 11 is 0. The molecule has 2 aromatic rings. The van der Waals surface area contributed by atoms with Gasteiger partial charge in [0.25, 0.3) is 0 Å². The lowest BCUT2D eigenvalue weighted by Gasteiger charge is -2.36. The van der Waals surface area contributed by atoms with E-state index in [0.717, 1.165) is 0 Å². The molecular weight excluding hydrogens is 220 g/mol. The summed E-state index contributed by atoms with van der Waals surface area (Å²) in [5.41, 5.74) is 2.62. The molecule has 0 fully saturated rings. The number of hydrogen-bond acceptors (Lipinski definition) is 1. The lowest BCUT2D eigenvalue weighted by molar-refractivity contribution is 0.123. The molecule has 0 aliphatic carbocycles. The molecule has 1 aromatic heterocycles. The van der Waals surface area contributed by atoms with Crippen molar-refractivity contribution in [1.29, 1.82) is 0 Å². The highest BCUT2D eigenvalue weighted by molar-refractivity contribution is 5.83. The average Bonchev–Trinajstić information content (AvgIpc) is 2.71. The van der Waals surface area contributed by atoms with Gasteiger partial charge in [0.05, 0.1) is 0 Å². The molecule has 0 bridgehead atoms. The summed E-state index contributed by atoms with van der Waals surface area (Å²) in [6, 6.07) is 10.1. The molecule has 1 aromatic carbocycles. The molecule has 2 heteroatoms. The van der Waals surface area contributed by atoms with Crippen molar-refractivity contribution in [1.82, 2.24) is 9.88 Å². The molecule has 0 aliphatic rings. The number of nitrogens with zero attached hydrogens (tertiary/aromatic N) is 1. The molecule has 2 rings (SSSR count). The zero-order valence-corrected chi connectivity index (χ0v) is 12.1. The van der Waals surface area contributed by atoms with Crippen LogP contribution >= 0.6 is 0 Å². The molecule has 1 atom stereocenters. The minimum Gasteiger partial charge on any atom is -0.361 e. The van der Waals surface area contributed by atoms with Crippen LogP contribution in [0.25, 0.3) is 10.9 Å². The maximum atomic E-state index is 3.38. The Kier molecular flexibility index (Phi) is 3.76. The van der Waals surface area contributed by atoms with E-state index < -0.39 is 0 Å². The Morgan fingerprint density at radius 3 is 2.17 bits per heavy atom. The molecule has 1 heterocycles. The van der Waals surface area contributed by atoms with Crippen LogP contribution in [0.5, 0.6) is 0 Å². The molecule has 0 amide bonds. The van der Waals surface area contributed by atoms with Gasteiger partial charge in [-0.3, -0.25) is 4.90 Å². The van der Waals surface area contributed by atoms with E-state index in [4.69, 9.17) is 0 Å². The van der Waals surface area contributed by atoms with Crippen molar-refractivity contribution in [3.05, 3.63) is 36.0 Å². The lowest BCUT2D eigenvalue weighted by Crippen LogP contribution is -2.38. The second kappa shape index (κ2) is 5.15. The zero-order valence-electron chi connectivity index (χ0n) is 12.1. The average molecular weight is 244 g/mol. The third-order valence-electron chi connectivity index (χ3n) is 3.71. The van der Waals surface area contributed by atoms with Gasteiger partial charge in [-0.05, 0) is 46.2 Å². The molecule has 0 spiro atoms. The van der Waals surface area contributed by atoms with Gasteiger partial charge in [0.15, 0.2) is 0 Å². The second-order valence-corrected chi connectivity index (χ2v) is 5.60. The molecule has 2 nitrogen and oxygen atoms in total. The summed E-state index contributed by atoms with van der Waals surface area (Å²) in [6.07, 6.45) is 2.16. The maximum absolute atomic E-state index is 3.38. The molecule has 18 heavy (non-hydrogen) atoms. The van der Waals surface area contributed by atoms with Gasteiger partial charge in [-0.1, -0.05) is 18.2 Å². The fourth-order valence-electron chi connectivity index (χ4n) is 3.09. The van der Waals surface area contributed by atoms with Crippen molar-refractivity contribution < 1.29 is 0 Å². The van der Waals surface area contributed by atoms with Crippen molar-refractivity contribution in [3.8, 4) is 0 Å². The smallest absolute Gasteiger partial charge is 0.0457 e. The number of rotatable bonds is 4. The van der Waals surface area contributed by atoms with Crippen LogP contribution < -0.4 is 0 Å². The van der Waals surface area contributed by atoms with E-state index in [2.05, 4.69) is 75.0 Å². The van der Waals surface area contributed by atoms with Gasteiger partial charge in [0.2, 0.25) is 0 Å². The number of fused-ring (bicyclic) bond motifs is 1. The van der Waals surface area contributed by atoms with E-state index >= 15 is 0 Å². The minimum atomic E-state index is 0.432. The summed E-state index contributed by atoms with van der Waals surface area (Å²) in [4.78, 5) is 5.93. The highest BCUT2D eigenvalue weighted by Gasteiger charge is 2.23. The summed E-state index contributed by atoms with van der Waals surface area (Å²) in [7, 11) is 0. The SMILES string of the molecule is CC(C)N(C(C)C)C(C)c1c[nH]c2ccccc12. The first-order valence-electron chi connectivity index (χ1n) is 6.85. The number of nitrogens with one attached hydrogen (secondary N) is 1. The Bertz CT molecular complexity index is 503. The van der Waals surface area contributed by atoms with Gasteiger partial charge < -0.3 is 4.98 Å². The van der Waals surface area contributed by atoms with Crippen molar-refractivity contribution in [2.24, 2.45) is 0 Å². The van der Waals surface area contributed by atoms with Crippen LogP contribution in [0.2, 0.25) is 0 Å². The predicted molar refractivity (Wildman–Crippen MR) is 78.8 cm³/mol. The van der Waals surface area contributed by atoms with Gasteiger partial charge in [-0.25, -0.2) is 0 Å². The summed E-state index contributed by atoms with van der Waals surface area (Å²) < 4.78 is 0. The summed E-state index contributed by atoms with van der Waals surface area (Å²) in [6.45, 7) is 11.4. The molecule has 0 saturated carbocycles. The maximum Gasteiger partial charge on any atom is 0.0457 e. The van der Waals surface area contributed by atoms with E-state index in [0.29, 0.717) is 18.1 Å². The van der Waals surface area contributed by atoms with Crippen LogP contribution in [0.15, 0.2) is 30.5 Å². The first-order chi connectivity index (χ1) is 8.52. The molecule has 1 N–H and O–H groups in total. The highest BCUT2D eigenvalue weighted by Crippen LogP contribution is 2.30. The van der Waals surface area contributed by atoms with Gasteiger partial charge in [-0.2, -0.15) is 0 Å². The van der Waals surface area contributed by atoms with Gasteiger partial charge in [0, 0.05) is 35.2 Å². The standard InChI is InChI=1S/C16H24N2/c1-11(2)18(12(3)4)13(5)15-10-17-16-9-7-6-8-14(15)16/h6-13,17H,1-5H3. The van der Waals surface area contributed by atoms with Gasteiger partial charge in [-0.15, -0.1) is 0 Å². The Morgan fingerprint density at radius 2 is 1.56 bits per heavy atom. The van der Waals surface area contributed by atoms with Crippen LogP contribution in [-0.4, -0.2) is 22.0 Å². The second-order valence-electron chi connectivity index (χ2n) is 5.60. The Morgan fingerprint density at radius 1 is 0.944 bits per heavy atom. The number of para-hydroxylation sites is 1. The molecule has 0 saturated heterocycles. The monoisotopic (exact) mass is 244 g/mol. The highest BCUT2D eigenvalue weighted by atomic mass is 15.2. The zero-order chi connectivity index (χ0) is 13.3. The van der Waals surface area contributed by atoms with Crippen LogP contribution in [0.4, 0.5) is 0 Å². The fraction of sp³-hybridized carbons (Fsp3) is 0.500. The molecule has 1 unspecified atom stereocenters. The van der Waals surface area contributed by atoms with Crippen LogP contribution in [0, 0.1) is 0 Å². The topological polar surface area (TPSA) is 19.0 Å². The van der Waals surface area contributed by atoms with Crippen molar-refractivity contribution in [2.75, 3.05) is 0 Å². The number of H-pyrrole nitrogens is 1. The third-order valence-corrected chi connectivity index (χ3v) is 3.71. The quantitative estimate of drug-likeness (QED) is 0.847. The van der Waals surface area contributed by atoms with Gasteiger partial charge >= 0.3 is 0 Å². The fourth-order valence-corrected chi connectivity index (χ4v) is 3.09.